The summed E-state index contributed by atoms with van der Waals surface area (Å²) in [6.45, 7) is 3.20. The van der Waals surface area contributed by atoms with Crippen LogP contribution in [0.4, 0.5) is 5.69 Å². The van der Waals surface area contributed by atoms with Gasteiger partial charge in [0.15, 0.2) is 0 Å². The predicted molar refractivity (Wildman–Crippen MR) is 96.7 cm³/mol. The van der Waals surface area contributed by atoms with Crippen molar-refractivity contribution in [2.75, 3.05) is 25.0 Å². The standard InChI is InChI=1S/C20H28N2O3/c1-15(23)24-18-12-20(18)14-22(17-6-4-3-5-7-17)13-19(25-20)10-8-16(21-2)9-11-19/h3-7,16,18,21H,8-14H2,1-2H3/t16-,18?,19-,20?. The van der Waals surface area contributed by atoms with E-state index in [1.807, 2.05) is 13.1 Å². The Labute approximate surface area is 149 Å². The lowest BCUT2D eigenvalue weighted by Gasteiger charge is -2.50. The molecule has 2 spiro atoms. The van der Waals surface area contributed by atoms with E-state index in [2.05, 4.69) is 34.5 Å². The van der Waals surface area contributed by atoms with Gasteiger partial charge in [0.25, 0.3) is 0 Å². The number of nitrogens with zero attached hydrogens (tertiary/aromatic N) is 1. The van der Waals surface area contributed by atoms with Crippen LogP contribution in [0, 0.1) is 0 Å². The molecule has 2 aliphatic carbocycles. The number of rotatable bonds is 3. The summed E-state index contributed by atoms with van der Waals surface area (Å²) >= 11 is 0. The average molecular weight is 344 g/mol. The molecule has 1 aromatic rings. The lowest BCUT2D eigenvalue weighted by atomic mass is 9.80. The third kappa shape index (κ3) is 3.27. The van der Waals surface area contributed by atoms with Gasteiger partial charge in [0.05, 0.1) is 12.1 Å². The molecule has 1 aromatic carbocycles. The molecule has 0 bridgehead atoms. The maximum absolute atomic E-state index is 11.4. The minimum Gasteiger partial charge on any atom is -0.459 e. The van der Waals surface area contributed by atoms with Gasteiger partial charge in [-0.25, -0.2) is 0 Å². The van der Waals surface area contributed by atoms with Crippen molar-refractivity contribution in [2.24, 2.45) is 0 Å². The molecule has 2 atom stereocenters. The van der Waals surface area contributed by atoms with Crippen molar-refractivity contribution in [1.82, 2.24) is 5.32 Å². The monoisotopic (exact) mass is 344 g/mol. The normalized spacial score (nSPS) is 37.3. The Hall–Kier alpha value is -1.59. The molecule has 2 unspecified atom stereocenters. The summed E-state index contributed by atoms with van der Waals surface area (Å²) in [7, 11) is 2.04. The SMILES string of the molecule is CN[C@H]1CC[C@]2(CC1)CN(c1ccccc1)CC1(CC1OC(C)=O)O2. The highest BCUT2D eigenvalue weighted by Gasteiger charge is 2.65. The zero-order valence-corrected chi connectivity index (χ0v) is 15.2. The van der Waals surface area contributed by atoms with Crippen LogP contribution in [0.15, 0.2) is 30.3 Å². The van der Waals surface area contributed by atoms with Crippen LogP contribution in [0.2, 0.25) is 0 Å². The van der Waals surface area contributed by atoms with Crippen LogP contribution in [0.25, 0.3) is 0 Å². The third-order valence-electron chi connectivity index (χ3n) is 6.05. The number of carbonyl (C=O) groups is 1. The zero-order valence-electron chi connectivity index (χ0n) is 15.2. The van der Waals surface area contributed by atoms with Gasteiger partial charge in [0, 0.05) is 31.6 Å². The van der Waals surface area contributed by atoms with E-state index in [-0.39, 0.29) is 23.3 Å². The number of para-hydroxylation sites is 1. The average Bonchev–Trinajstić information content (AvgIpc) is 3.25. The molecule has 3 fully saturated rings. The van der Waals surface area contributed by atoms with E-state index >= 15 is 0 Å². The maximum atomic E-state index is 11.4. The van der Waals surface area contributed by atoms with E-state index in [0.29, 0.717) is 6.04 Å². The summed E-state index contributed by atoms with van der Waals surface area (Å²) < 4.78 is 12.2. The lowest BCUT2D eigenvalue weighted by Crippen LogP contribution is -2.60. The zero-order chi connectivity index (χ0) is 17.5. The summed E-state index contributed by atoms with van der Waals surface area (Å²) in [5.74, 6) is -0.213. The third-order valence-corrected chi connectivity index (χ3v) is 6.05. The van der Waals surface area contributed by atoms with Crippen LogP contribution in [0.3, 0.4) is 0 Å². The van der Waals surface area contributed by atoms with Crippen molar-refractivity contribution in [3.8, 4) is 0 Å². The predicted octanol–water partition coefficient (Wildman–Crippen LogP) is 2.50. The van der Waals surface area contributed by atoms with E-state index in [1.54, 1.807) is 0 Å². The van der Waals surface area contributed by atoms with Crippen molar-refractivity contribution in [1.29, 1.82) is 0 Å². The van der Waals surface area contributed by atoms with Crippen molar-refractivity contribution >= 4 is 11.7 Å². The van der Waals surface area contributed by atoms with Gasteiger partial charge in [-0.1, -0.05) is 18.2 Å². The summed E-state index contributed by atoms with van der Waals surface area (Å²) in [4.78, 5) is 13.9. The molecule has 5 nitrogen and oxygen atoms in total. The van der Waals surface area contributed by atoms with Gasteiger partial charge in [0.2, 0.25) is 0 Å². The molecule has 0 radical (unpaired) electrons. The minimum absolute atomic E-state index is 0.101. The van der Waals surface area contributed by atoms with Gasteiger partial charge in [-0.2, -0.15) is 0 Å². The molecule has 1 saturated heterocycles. The number of nitrogens with one attached hydrogen (secondary N) is 1. The molecule has 25 heavy (non-hydrogen) atoms. The van der Waals surface area contributed by atoms with Crippen LogP contribution in [0.5, 0.6) is 0 Å². The molecular formula is C20H28N2O3. The Morgan fingerprint density at radius 1 is 1.24 bits per heavy atom. The number of hydrogen-bond donors (Lipinski definition) is 1. The van der Waals surface area contributed by atoms with Gasteiger partial charge >= 0.3 is 5.97 Å². The second-order valence-corrected chi connectivity index (χ2v) is 7.91. The molecule has 2 saturated carbocycles. The van der Waals surface area contributed by atoms with Gasteiger partial charge in [-0.3, -0.25) is 4.79 Å². The first-order valence-electron chi connectivity index (χ1n) is 9.39. The van der Waals surface area contributed by atoms with Gasteiger partial charge < -0.3 is 19.7 Å². The van der Waals surface area contributed by atoms with E-state index in [1.165, 1.54) is 12.6 Å². The van der Waals surface area contributed by atoms with E-state index in [4.69, 9.17) is 9.47 Å². The Balaban J connectivity index is 1.57. The maximum Gasteiger partial charge on any atom is 0.303 e. The van der Waals surface area contributed by atoms with Crippen LogP contribution in [0.1, 0.15) is 39.0 Å². The second-order valence-electron chi connectivity index (χ2n) is 7.91. The molecule has 136 valence electrons. The molecule has 3 aliphatic rings. The van der Waals surface area contributed by atoms with Crippen LogP contribution < -0.4 is 10.2 Å². The van der Waals surface area contributed by atoms with E-state index in [0.717, 1.165) is 45.2 Å². The first kappa shape index (κ1) is 16.9. The fourth-order valence-corrected chi connectivity index (χ4v) is 4.61. The highest BCUT2D eigenvalue weighted by atomic mass is 16.6. The van der Waals surface area contributed by atoms with Crippen molar-refractivity contribution in [2.45, 2.75) is 62.4 Å². The van der Waals surface area contributed by atoms with Gasteiger partial charge in [0.1, 0.15) is 11.7 Å². The molecule has 4 rings (SSSR count). The van der Waals surface area contributed by atoms with Crippen LogP contribution in [-0.2, 0) is 14.3 Å². The molecule has 1 N–H and O–H groups in total. The van der Waals surface area contributed by atoms with Crippen molar-refractivity contribution < 1.29 is 14.3 Å². The summed E-state index contributed by atoms with van der Waals surface area (Å²) in [6, 6.07) is 11.1. The first-order chi connectivity index (χ1) is 12.0. The number of hydrogen-bond acceptors (Lipinski definition) is 5. The van der Waals surface area contributed by atoms with Crippen molar-refractivity contribution in [3.63, 3.8) is 0 Å². The fraction of sp³-hybridized carbons (Fsp3) is 0.650. The highest BCUT2D eigenvalue weighted by Crippen LogP contribution is 2.52. The number of anilines is 1. The van der Waals surface area contributed by atoms with E-state index in [9.17, 15) is 4.79 Å². The highest BCUT2D eigenvalue weighted by molar-refractivity contribution is 5.67. The lowest BCUT2D eigenvalue weighted by molar-refractivity contribution is -0.166. The van der Waals surface area contributed by atoms with Crippen molar-refractivity contribution in [3.05, 3.63) is 30.3 Å². The molecule has 0 amide bonds. The van der Waals surface area contributed by atoms with Crippen LogP contribution >= 0.6 is 0 Å². The van der Waals surface area contributed by atoms with Crippen LogP contribution in [-0.4, -0.2) is 49.5 Å². The number of esters is 1. The topological polar surface area (TPSA) is 50.8 Å². The minimum atomic E-state index is -0.327. The van der Waals surface area contributed by atoms with Gasteiger partial charge in [-0.05, 0) is 44.9 Å². The summed E-state index contributed by atoms with van der Waals surface area (Å²) in [5.41, 5.74) is 0.775. The Morgan fingerprint density at radius 2 is 1.96 bits per heavy atom. The van der Waals surface area contributed by atoms with E-state index < -0.39 is 0 Å². The summed E-state index contributed by atoms with van der Waals surface area (Å²) in [5, 5.41) is 3.40. The quantitative estimate of drug-likeness (QED) is 0.854. The second kappa shape index (κ2) is 6.29. The molecule has 1 heterocycles. The number of morpholine rings is 1. The Bertz CT molecular complexity index is 627. The molecule has 1 aliphatic heterocycles. The molecule has 0 aromatic heterocycles. The summed E-state index contributed by atoms with van der Waals surface area (Å²) in [6.07, 6.45) is 5.08. The Morgan fingerprint density at radius 3 is 2.60 bits per heavy atom. The smallest absolute Gasteiger partial charge is 0.303 e. The molecular weight excluding hydrogens is 316 g/mol. The largest absolute Gasteiger partial charge is 0.459 e. The van der Waals surface area contributed by atoms with Gasteiger partial charge in [-0.15, -0.1) is 0 Å². The fourth-order valence-electron chi connectivity index (χ4n) is 4.61. The number of benzene rings is 1. The number of ether oxygens (including phenoxy) is 2. The Kier molecular flexibility index (Phi) is 4.24. The number of carbonyl (C=O) groups excluding carboxylic acids is 1. The molecule has 5 heteroatoms. The first-order valence-corrected chi connectivity index (χ1v) is 9.39.